The van der Waals surface area contributed by atoms with Gasteiger partial charge in [-0.25, -0.2) is 9.97 Å². The molecule has 0 spiro atoms. The first kappa shape index (κ1) is 16.6. The van der Waals surface area contributed by atoms with Crippen LogP contribution >= 0.6 is 0 Å². The van der Waals surface area contributed by atoms with Crippen LogP contribution in [0.15, 0.2) is 66.9 Å². The van der Waals surface area contributed by atoms with Gasteiger partial charge in [-0.05, 0) is 49.7 Å². The molecule has 1 heterocycles. The number of nitrogens with one attached hydrogen (secondary N) is 2. The van der Waals surface area contributed by atoms with E-state index in [0.717, 1.165) is 11.4 Å². The summed E-state index contributed by atoms with van der Waals surface area (Å²) in [5.74, 6) is 0.325. The minimum absolute atomic E-state index is 0.200. The second-order valence-electron chi connectivity index (χ2n) is 5.80. The second kappa shape index (κ2) is 7.57. The Morgan fingerprint density at radius 1 is 0.960 bits per heavy atom. The van der Waals surface area contributed by atoms with Crippen LogP contribution in [0.5, 0.6) is 0 Å². The number of hydrogen-bond acceptors (Lipinski definition) is 4. The predicted molar refractivity (Wildman–Crippen MR) is 99.6 cm³/mol. The second-order valence-corrected chi connectivity index (χ2v) is 5.80. The third-order valence-corrected chi connectivity index (χ3v) is 3.83. The van der Waals surface area contributed by atoms with Crippen molar-refractivity contribution in [2.45, 2.75) is 19.9 Å². The van der Waals surface area contributed by atoms with Gasteiger partial charge >= 0.3 is 0 Å². The van der Waals surface area contributed by atoms with E-state index in [2.05, 4.69) is 39.7 Å². The molecule has 0 saturated carbocycles. The summed E-state index contributed by atoms with van der Waals surface area (Å²) in [5.41, 5.74) is 3.29. The zero-order valence-electron chi connectivity index (χ0n) is 14.2. The van der Waals surface area contributed by atoms with Crippen LogP contribution in [0.4, 0.5) is 11.4 Å². The molecule has 3 aromatic rings. The molecule has 0 aliphatic rings. The average Bonchev–Trinajstić information content (AvgIpc) is 2.64. The van der Waals surface area contributed by atoms with Gasteiger partial charge in [0.25, 0.3) is 5.91 Å². The molecule has 0 aliphatic carbocycles. The van der Waals surface area contributed by atoms with E-state index in [0.29, 0.717) is 11.5 Å². The molecule has 1 atom stereocenters. The third-order valence-electron chi connectivity index (χ3n) is 3.83. The fourth-order valence-electron chi connectivity index (χ4n) is 2.50. The minimum Gasteiger partial charge on any atom is -0.379 e. The Bertz CT molecular complexity index is 847. The van der Waals surface area contributed by atoms with E-state index in [1.54, 1.807) is 19.2 Å². The molecule has 5 nitrogen and oxygen atoms in total. The van der Waals surface area contributed by atoms with Crippen LogP contribution in [0.3, 0.4) is 0 Å². The van der Waals surface area contributed by atoms with Crippen LogP contribution in [-0.2, 0) is 0 Å². The maximum Gasteiger partial charge on any atom is 0.274 e. The number of carbonyl (C=O) groups excluding carboxylic acids is 1. The number of anilines is 2. The molecule has 0 saturated heterocycles. The van der Waals surface area contributed by atoms with Crippen LogP contribution < -0.4 is 10.6 Å². The van der Waals surface area contributed by atoms with E-state index in [1.807, 2.05) is 42.5 Å². The monoisotopic (exact) mass is 332 g/mol. The molecule has 1 amide bonds. The van der Waals surface area contributed by atoms with Crippen LogP contribution in [0.25, 0.3) is 0 Å². The predicted octanol–water partition coefficient (Wildman–Crippen LogP) is 4.21. The molecule has 0 radical (unpaired) electrons. The van der Waals surface area contributed by atoms with Crippen LogP contribution in [0, 0.1) is 6.92 Å². The minimum atomic E-state index is -0.246. The molecule has 3 rings (SSSR count). The number of rotatable bonds is 5. The van der Waals surface area contributed by atoms with E-state index in [9.17, 15) is 4.79 Å². The molecule has 2 N–H and O–H groups in total. The Hall–Kier alpha value is -3.21. The maximum atomic E-state index is 12.2. The van der Waals surface area contributed by atoms with E-state index in [-0.39, 0.29) is 11.9 Å². The van der Waals surface area contributed by atoms with Gasteiger partial charge in [-0.1, -0.05) is 30.3 Å². The van der Waals surface area contributed by atoms with Gasteiger partial charge < -0.3 is 10.6 Å². The summed E-state index contributed by atoms with van der Waals surface area (Å²) in [6.07, 6.45) is 1.58. The zero-order chi connectivity index (χ0) is 17.6. The summed E-state index contributed by atoms with van der Waals surface area (Å²) in [6, 6.07) is 19.7. The number of aromatic nitrogens is 2. The highest BCUT2D eigenvalue weighted by molar-refractivity contribution is 6.02. The standard InChI is InChI=1S/C20H20N4O/c1-14(16-6-4-3-5-7-16)22-17-8-10-18(11-9-17)24-20(25)19-12-13-21-15(2)23-19/h3-14,22H,1-2H3,(H,24,25). The van der Waals surface area contributed by atoms with Crippen molar-refractivity contribution in [3.05, 3.63) is 83.9 Å². The van der Waals surface area contributed by atoms with Gasteiger partial charge in [-0.2, -0.15) is 0 Å². The summed E-state index contributed by atoms with van der Waals surface area (Å²) >= 11 is 0. The topological polar surface area (TPSA) is 66.9 Å². The van der Waals surface area contributed by atoms with Gasteiger partial charge in [0.05, 0.1) is 0 Å². The van der Waals surface area contributed by atoms with E-state index in [1.165, 1.54) is 5.56 Å². The number of amides is 1. The van der Waals surface area contributed by atoms with Crippen molar-refractivity contribution >= 4 is 17.3 Å². The molecule has 1 unspecified atom stereocenters. The van der Waals surface area contributed by atoms with Crippen molar-refractivity contribution in [3.8, 4) is 0 Å². The molecule has 1 aromatic heterocycles. The summed E-state index contributed by atoms with van der Waals surface area (Å²) in [5, 5.41) is 6.29. The summed E-state index contributed by atoms with van der Waals surface area (Å²) in [4.78, 5) is 20.3. The Morgan fingerprint density at radius 2 is 1.64 bits per heavy atom. The lowest BCUT2D eigenvalue weighted by molar-refractivity contribution is 0.102. The van der Waals surface area contributed by atoms with Crippen LogP contribution in [-0.4, -0.2) is 15.9 Å². The molecule has 126 valence electrons. The molecule has 0 bridgehead atoms. The van der Waals surface area contributed by atoms with Gasteiger partial charge in [0, 0.05) is 23.6 Å². The lowest BCUT2D eigenvalue weighted by Gasteiger charge is -2.16. The quantitative estimate of drug-likeness (QED) is 0.734. The van der Waals surface area contributed by atoms with Gasteiger partial charge in [-0.15, -0.1) is 0 Å². The molecular formula is C20H20N4O. The van der Waals surface area contributed by atoms with Crippen LogP contribution in [0.1, 0.15) is 34.8 Å². The van der Waals surface area contributed by atoms with Gasteiger partial charge in [-0.3, -0.25) is 4.79 Å². The SMILES string of the molecule is Cc1nccc(C(=O)Nc2ccc(NC(C)c3ccccc3)cc2)n1. The first-order valence-electron chi connectivity index (χ1n) is 8.14. The van der Waals surface area contributed by atoms with Crippen molar-refractivity contribution in [2.24, 2.45) is 0 Å². The number of benzene rings is 2. The maximum absolute atomic E-state index is 12.2. The normalized spacial score (nSPS) is 11.6. The van der Waals surface area contributed by atoms with Gasteiger partial charge in [0.15, 0.2) is 0 Å². The summed E-state index contributed by atoms with van der Waals surface area (Å²) in [7, 11) is 0. The van der Waals surface area contributed by atoms with Crippen LogP contribution in [0.2, 0.25) is 0 Å². The summed E-state index contributed by atoms with van der Waals surface area (Å²) < 4.78 is 0. The first-order chi connectivity index (χ1) is 12.1. The van der Waals surface area contributed by atoms with Crippen molar-refractivity contribution in [1.29, 1.82) is 0 Å². The van der Waals surface area contributed by atoms with E-state index in [4.69, 9.17) is 0 Å². The number of aryl methyl sites for hydroxylation is 1. The molecular weight excluding hydrogens is 312 g/mol. The largest absolute Gasteiger partial charge is 0.379 e. The lowest BCUT2D eigenvalue weighted by Crippen LogP contribution is -2.14. The Balaban J connectivity index is 1.63. The van der Waals surface area contributed by atoms with Crippen molar-refractivity contribution in [2.75, 3.05) is 10.6 Å². The highest BCUT2D eigenvalue weighted by Gasteiger charge is 2.09. The molecule has 0 fully saturated rings. The van der Waals surface area contributed by atoms with Crippen molar-refractivity contribution in [3.63, 3.8) is 0 Å². The lowest BCUT2D eigenvalue weighted by atomic mass is 10.1. The highest BCUT2D eigenvalue weighted by atomic mass is 16.1. The van der Waals surface area contributed by atoms with Crippen molar-refractivity contribution in [1.82, 2.24) is 9.97 Å². The molecule has 0 aliphatic heterocycles. The highest BCUT2D eigenvalue weighted by Crippen LogP contribution is 2.20. The molecule has 5 heteroatoms. The van der Waals surface area contributed by atoms with E-state index < -0.39 is 0 Å². The zero-order valence-corrected chi connectivity index (χ0v) is 14.2. The van der Waals surface area contributed by atoms with Crippen molar-refractivity contribution < 1.29 is 4.79 Å². The number of nitrogens with zero attached hydrogens (tertiary/aromatic N) is 2. The fourth-order valence-corrected chi connectivity index (χ4v) is 2.50. The number of hydrogen-bond donors (Lipinski definition) is 2. The Labute approximate surface area is 147 Å². The van der Waals surface area contributed by atoms with Gasteiger partial charge in [0.2, 0.25) is 0 Å². The average molecular weight is 332 g/mol. The first-order valence-corrected chi connectivity index (χ1v) is 8.14. The van der Waals surface area contributed by atoms with Gasteiger partial charge in [0.1, 0.15) is 11.5 Å². The van der Waals surface area contributed by atoms with E-state index >= 15 is 0 Å². The smallest absolute Gasteiger partial charge is 0.274 e. The Kier molecular flexibility index (Phi) is 5.04. The number of carbonyl (C=O) groups is 1. The Morgan fingerprint density at radius 3 is 2.32 bits per heavy atom. The molecule has 25 heavy (non-hydrogen) atoms. The third kappa shape index (κ3) is 4.41. The fraction of sp³-hybridized carbons (Fsp3) is 0.150. The summed E-state index contributed by atoms with van der Waals surface area (Å²) in [6.45, 7) is 3.87. The molecule has 2 aromatic carbocycles.